The summed E-state index contributed by atoms with van der Waals surface area (Å²) in [6, 6.07) is 21.4. The maximum absolute atomic E-state index is 13.6. The van der Waals surface area contributed by atoms with Gasteiger partial charge in [-0.1, -0.05) is 77.3 Å². The fourth-order valence-electron chi connectivity index (χ4n) is 4.04. The Hall–Kier alpha value is -2.58. The molecule has 184 valence electrons. The third-order valence-electron chi connectivity index (χ3n) is 6.06. The second-order valence-corrected chi connectivity index (χ2v) is 11.2. The van der Waals surface area contributed by atoms with Crippen LogP contribution in [0.5, 0.6) is 0 Å². The predicted molar refractivity (Wildman–Crippen MR) is 140 cm³/mol. The SMILES string of the molecule is Cc1ccc(S(=O)(=O)N(CC(=O)N2CCN(Cc3ccccc3)CC2)c2cccc(Cl)c2Cl)cc1. The van der Waals surface area contributed by atoms with Gasteiger partial charge < -0.3 is 4.90 Å². The van der Waals surface area contributed by atoms with Gasteiger partial charge in [0.2, 0.25) is 5.91 Å². The molecule has 1 fully saturated rings. The number of nitrogens with zero attached hydrogens (tertiary/aromatic N) is 3. The van der Waals surface area contributed by atoms with Gasteiger partial charge in [-0.3, -0.25) is 14.0 Å². The van der Waals surface area contributed by atoms with Crippen LogP contribution >= 0.6 is 23.2 Å². The maximum Gasteiger partial charge on any atom is 0.264 e. The molecule has 3 aromatic carbocycles. The van der Waals surface area contributed by atoms with Crippen LogP contribution in [-0.4, -0.2) is 56.8 Å². The zero-order valence-electron chi connectivity index (χ0n) is 19.4. The lowest BCUT2D eigenvalue weighted by Crippen LogP contribution is -2.51. The van der Waals surface area contributed by atoms with E-state index in [0.29, 0.717) is 26.2 Å². The van der Waals surface area contributed by atoms with Crippen LogP contribution in [0.4, 0.5) is 5.69 Å². The number of carbonyl (C=O) groups excluding carboxylic acids is 1. The first-order valence-corrected chi connectivity index (χ1v) is 13.5. The van der Waals surface area contributed by atoms with Crippen LogP contribution in [0.25, 0.3) is 0 Å². The van der Waals surface area contributed by atoms with Crippen LogP contribution in [0.3, 0.4) is 0 Å². The molecule has 1 amide bonds. The second-order valence-electron chi connectivity index (χ2n) is 8.54. The second kappa shape index (κ2) is 11.0. The van der Waals surface area contributed by atoms with Crippen molar-refractivity contribution in [1.29, 1.82) is 0 Å². The molecule has 0 radical (unpaired) electrons. The summed E-state index contributed by atoms with van der Waals surface area (Å²) in [6.45, 7) is 4.79. The van der Waals surface area contributed by atoms with E-state index in [1.54, 1.807) is 35.2 Å². The number of aryl methyl sites for hydroxylation is 1. The lowest BCUT2D eigenvalue weighted by Gasteiger charge is -2.36. The van der Waals surface area contributed by atoms with E-state index in [1.165, 1.54) is 17.7 Å². The third-order valence-corrected chi connectivity index (χ3v) is 8.64. The van der Waals surface area contributed by atoms with Crippen molar-refractivity contribution >= 4 is 44.8 Å². The number of carbonyl (C=O) groups is 1. The Morgan fingerprint density at radius 1 is 0.886 bits per heavy atom. The highest BCUT2D eigenvalue weighted by Gasteiger charge is 2.31. The highest BCUT2D eigenvalue weighted by Crippen LogP contribution is 2.35. The lowest BCUT2D eigenvalue weighted by atomic mass is 10.2. The van der Waals surface area contributed by atoms with Crippen molar-refractivity contribution < 1.29 is 13.2 Å². The molecule has 0 aromatic heterocycles. The third kappa shape index (κ3) is 5.98. The van der Waals surface area contributed by atoms with E-state index < -0.39 is 10.0 Å². The van der Waals surface area contributed by atoms with Crippen LogP contribution < -0.4 is 4.31 Å². The predicted octanol–water partition coefficient (Wildman–Crippen LogP) is 4.84. The summed E-state index contributed by atoms with van der Waals surface area (Å²) < 4.78 is 28.3. The molecule has 3 aromatic rings. The summed E-state index contributed by atoms with van der Waals surface area (Å²) in [4.78, 5) is 17.4. The number of sulfonamides is 1. The van der Waals surface area contributed by atoms with Gasteiger partial charge in [-0.2, -0.15) is 0 Å². The van der Waals surface area contributed by atoms with E-state index in [9.17, 15) is 13.2 Å². The summed E-state index contributed by atoms with van der Waals surface area (Å²) in [7, 11) is -4.06. The number of anilines is 1. The van der Waals surface area contributed by atoms with Gasteiger partial charge in [0.25, 0.3) is 10.0 Å². The van der Waals surface area contributed by atoms with E-state index in [4.69, 9.17) is 23.2 Å². The molecule has 0 saturated carbocycles. The number of amides is 1. The van der Waals surface area contributed by atoms with Gasteiger partial charge in [0.15, 0.2) is 0 Å². The van der Waals surface area contributed by atoms with Gasteiger partial charge in [0.05, 0.1) is 20.6 Å². The van der Waals surface area contributed by atoms with Crippen LogP contribution in [0.1, 0.15) is 11.1 Å². The van der Waals surface area contributed by atoms with Crippen molar-refractivity contribution in [3.63, 3.8) is 0 Å². The van der Waals surface area contributed by atoms with E-state index in [0.717, 1.165) is 16.4 Å². The number of rotatable bonds is 7. The standard InChI is InChI=1S/C26H27Cl2N3O3S/c1-20-10-12-22(13-11-20)35(33,34)31(24-9-5-8-23(27)26(24)28)19-25(32)30-16-14-29(15-17-30)18-21-6-3-2-4-7-21/h2-13H,14-19H2,1H3. The Bertz CT molecular complexity index is 1280. The number of piperazine rings is 1. The first kappa shape index (κ1) is 25.5. The van der Waals surface area contributed by atoms with Gasteiger partial charge >= 0.3 is 0 Å². The van der Waals surface area contributed by atoms with Crippen molar-refractivity contribution in [2.45, 2.75) is 18.4 Å². The Labute approximate surface area is 216 Å². The van der Waals surface area contributed by atoms with Crippen molar-refractivity contribution in [2.24, 2.45) is 0 Å². The molecule has 1 aliphatic heterocycles. The first-order chi connectivity index (χ1) is 16.8. The zero-order chi connectivity index (χ0) is 25.0. The topological polar surface area (TPSA) is 60.9 Å². The summed E-state index contributed by atoms with van der Waals surface area (Å²) in [5.41, 5.74) is 2.33. The van der Waals surface area contributed by atoms with Gasteiger partial charge in [-0.15, -0.1) is 0 Å². The molecule has 1 aliphatic rings. The van der Waals surface area contributed by atoms with Gasteiger partial charge in [-0.05, 0) is 36.8 Å². The van der Waals surface area contributed by atoms with E-state index >= 15 is 0 Å². The maximum atomic E-state index is 13.6. The monoisotopic (exact) mass is 531 g/mol. The highest BCUT2D eigenvalue weighted by atomic mass is 35.5. The Morgan fingerprint density at radius 3 is 2.20 bits per heavy atom. The minimum absolute atomic E-state index is 0.0830. The van der Waals surface area contributed by atoms with Crippen LogP contribution in [0.2, 0.25) is 10.0 Å². The van der Waals surface area contributed by atoms with Crippen LogP contribution in [0, 0.1) is 6.92 Å². The molecule has 0 spiro atoms. The molecule has 9 heteroatoms. The van der Waals surface area contributed by atoms with E-state index in [1.807, 2.05) is 25.1 Å². The van der Waals surface area contributed by atoms with Crippen LogP contribution in [0.15, 0.2) is 77.7 Å². The van der Waals surface area contributed by atoms with Crippen LogP contribution in [-0.2, 0) is 21.4 Å². The molecular formula is C26H27Cl2N3O3S. The number of halogens is 2. The minimum atomic E-state index is -4.06. The van der Waals surface area contributed by atoms with Crippen molar-refractivity contribution in [3.05, 3.63) is 94.0 Å². The highest BCUT2D eigenvalue weighted by molar-refractivity contribution is 7.92. The molecule has 0 N–H and O–H groups in total. The normalized spacial score (nSPS) is 14.7. The summed E-state index contributed by atoms with van der Waals surface area (Å²) in [5.74, 6) is -0.281. The van der Waals surface area contributed by atoms with Crippen molar-refractivity contribution in [3.8, 4) is 0 Å². The average molecular weight is 532 g/mol. The van der Waals surface area contributed by atoms with Crippen molar-refractivity contribution in [2.75, 3.05) is 37.0 Å². The Morgan fingerprint density at radius 2 is 1.54 bits per heavy atom. The molecule has 35 heavy (non-hydrogen) atoms. The smallest absolute Gasteiger partial charge is 0.264 e. The first-order valence-electron chi connectivity index (χ1n) is 11.3. The Balaban J connectivity index is 1.53. The fourth-order valence-corrected chi connectivity index (χ4v) is 5.92. The van der Waals surface area contributed by atoms with Gasteiger partial charge in [-0.25, -0.2) is 8.42 Å². The van der Waals surface area contributed by atoms with Crippen molar-refractivity contribution in [1.82, 2.24) is 9.80 Å². The molecule has 0 aliphatic carbocycles. The quantitative estimate of drug-likeness (QED) is 0.437. The largest absolute Gasteiger partial charge is 0.339 e. The number of hydrogen-bond acceptors (Lipinski definition) is 4. The molecule has 0 atom stereocenters. The average Bonchev–Trinajstić information content (AvgIpc) is 2.85. The molecule has 1 heterocycles. The summed E-state index contributed by atoms with van der Waals surface area (Å²) in [6.07, 6.45) is 0. The Kier molecular flexibility index (Phi) is 8.02. The number of benzene rings is 3. The van der Waals surface area contributed by atoms with Gasteiger partial charge in [0.1, 0.15) is 6.54 Å². The zero-order valence-corrected chi connectivity index (χ0v) is 21.7. The molecule has 6 nitrogen and oxygen atoms in total. The minimum Gasteiger partial charge on any atom is -0.339 e. The molecule has 0 bridgehead atoms. The molecule has 0 unspecified atom stereocenters. The van der Waals surface area contributed by atoms with E-state index in [-0.39, 0.29) is 33.1 Å². The fraction of sp³-hybridized carbons (Fsp3) is 0.269. The number of hydrogen-bond donors (Lipinski definition) is 0. The van der Waals surface area contributed by atoms with E-state index in [2.05, 4.69) is 17.0 Å². The molecule has 4 rings (SSSR count). The molecule has 1 saturated heterocycles. The molecular weight excluding hydrogens is 505 g/mol. The lowest BCUT2D eigenvalue weighted by molar-refractivity contribution is -0.131. The summed E-state index contributed by atoms with van der Waals surface area (Å²) >= 11 is 12.6. The van der Waals surface area contributed by atoms with Gasteiger partial charge in [0, 0.05) is 32.7 Å². The summed E-state index contributed by atoms with van der Waals surface area (Å²) in [5, 5.41) is 0.306.